The minimum absolute atomic E-state index is 0.0418. The lowest BCUT2D eigenvalue weighted by atomic mass is 10.0. The predicted molar refractivity (Wildman–Crippen MR) is 170 cm³/mol. The van der Waals surface area contributed by atoms with E-state index < -0.39 is 27.8 Å². The maximum atomic E-state index is 13.9. The van der Waals surface area contributed by atoms with Gasteiger partial charge in [0.1, 0.15) is 11.9 Å². The molecule has 4 aromatic carbocycles. The third-order valence-electron chi connectivity index (χ3n) is 6.93. The van der Waals surface area contributed by atoms with E-state index in [9.17, 15) is 22.4 Å². The van der Waals surface area contributed by atoms with Crippen LogP contribution in [0, 0.1) is 5.82 Å². The van der Waals surface area contributed by atoms with Crippen molar-refractivity contribution in [2.75, 3.05) is 6.54 Å². The van der Waals surface area contributed by atoms with Crippen LogP contribution >= 0.6 is 23.2 Å². The van der Waals surface area contributed by atoms with Crippen molar-refractivity contribution < 1.29 is 22.4 Å². The number of nitrogens with zero attached hydrogens (tertiary/aromatic N) is 1. The summed E-state index contributed by atoms with van der Waals surface area (Å²) in [5.41, 5.74) is 2.66. The lowest BCUT2D eigenvalue weighted by Gasteiger charge is -2.32. The molecule has 11 heteroatoms. The molecular formula is C33H32Cl2FN3O4S. The molecule has 0 aliphatic rings. The summed E-state index contributed by atoms with van der Waals surface area (Å²) in [6.45, 7) is 2.13. The minimum Gasteiger partial charge on any atom is -0.350 e. The first-order chi connectivity index (χ1) is 21.1. The smallest absolute Gasteiger partial charge is 0.247 e. The van der Waals surface area contributed by atoms with Gasteiger partial charge in [0.2, 0.25) is 21.8 Å². The number of amides is 2. The second-order valence-electron chi connectivity index (χ2n) is 10.1. The zero-order valence-electron chi connectivity index (χ0n) is 24.0. The van der Waals surface area contributed by atoms with Crippen molar-refractivity contribution >= 4 is 45.0 Å². The van der Waals surface area contributed by atoms with Crippen LogP contribution in [0.5, 0.6) is 0 Å². The Labute approximate surface area is 267 Å². The molecule has 0 unspecified atom stereocenters. The Hall–Kier alpha value is -3.76. The number of halogens is 3. The van der Waals surface area contributed by atoms with Crippen molar-refractivity contribution in [3.05, 3.63) is 135 Å². The normalized spacial score (nSPS) is 12.0. The molecule has 0 saturated carbocycles. The number of hydrogen-bond acceptors (Lipinski definition) is 4. The summed E-state index contributed by atoms with van der Waals surface area (Å²) in [5, 5.41) is 3.78. The quantitative estimate of drug-likeness (QED) is 0.173. The third-order valence-corrected chi connectivity index (χ3v) is 9.07. The summed E-state index contributed by atoms with van der Waals surface area (Å²) in [7, 11) is -3.60. The van der Waals surface area contributed by atoms with Crippen LogP contribution in [-0.2, 0) is 39.1 Å². The van der Waals surface area contributed by atoms with Gasteiger partial charge in [0.15, 0.2) is 0 Å². The molecule has 0 spiro atoms. The first-order valence-corrected chi connectivity index (χ1v) is 16.2. The van der Waals surface area contributed by atoms with Gasteiger partial charge in [-0.3, -0.25) is 9.59 Å². The van der Waals surface area contributed by atoms with Crippen LogP contribution in [0.4, 0.5) is 4.39 Å². The van der Waals surface area contributed by atoms with Crippen molar-refractivity contribution in [2.45, 2.75) is 43.8 Å². The Morgan fingerprint density at radius 2 is 1.55 bits per heavy atom. The maximum absolute atomic E-state index is 13.9. The fourth-order valence-electron chi connectivity index (χ4n) is 4.67. The molecule has 0 saturated heterocycles. The summed E-state index contributed by atoms with van der Waals surface area (Å²) >= 11 is 12.3. The highest BCUT2D eigenvalue weighted by Crippen LogP contribution is 2.27. The van der Waals surface area contributed by atoms with Gasteiger partial charge in [-0.2, -0.15) is 0 Å². The standard InChI is InChI=1S/C33H32Cl2FN3O4S/c1-2-38-44(42,43)29-17-10-23(11-18-29)12-19-31(40)39(22-24-8-15-28(36)16-9-24)32(25-6-4-3-5-7-25)33(41)37-21-26-13-14-27(34)20-30(26)35/h3-11,13-18,20,32,38H,2,12,19,21-22H2,1H3,(H,37,41)/t32-/m1/s1. The van der Waals surface area contributed by atoms with Gasteiger partial charge in [-0.15, -0.1) is 0 Å². The van der Waals surface area contributed by atoms with Crippen LogP contribution in [0.15, 0.2) is 102 Å². The molecule has 1 atom stereocenters. The van der Waals surface area contributed by atoms with Gasteiger partial charge in [0.05, 0.1) is 4.90 Å². The number of aryl methyl sites for hydroxylation is 1. The SMILES string of the molecule is CCNS(=O)(=O)c1ccc(CCC(=O)N(Cc2ccc(F)cc2)[C@@H](C(=O)NCc2ccc(Cl)cc2Cl)c2ccccc2)cc1. The van der Waals surface area contributed by atoms with Crippen LogP contribution < -0.4 is 10.0 Å². The molecule has 44 heavy (non-hydrogen) atoms. The lowest BCUT2D eigenvalue weighted by Crippen LogP contribution is -2.43. The second kappa shape index (κ2) is 15.3. The number of rotatable bonds is 13. The lowest BCUT2D eigenvalue weighted by molar-refractivity contribution is -0.141. The first kappa shape index (κ1) is 33.1. The zero-order valence-corrected chi connectivity index (χ0v) is 26.3. The molecule has 0 aliphatic heterocycles. The fourth-order valence-corrected chi connectivity index (χ4v) is 6.18. The van der Waals surface area contributed by atoms with E-state index in [2.05, 4.69) is 10.0 Å². The topological polar surface area (TPSA) is 95.6 Å². The van der Waals surface area contributed by atoms with Gasteiger partial charge < -0.3 is 10.2 Å². The fraction of sp³-hybridized carbons (Fsp3) is 0.212. The Morgan fingerprint density at radius 3 is 2.18 bits per heavy atom. The molecule has 2 amide bonds. The summed E-state index contributed by atoms with van der Waals surface area (Å²) in [4.78, 5) is 29.4. The highest BCUT2D eigenvalue weighted by molar-refractivity contribution is 7.89. The zero-order chi connectivity index (χ0) is 31.7. The average Bonchev–Trinajstić information content (AvgIpc) is 3.01. The summed E-state index contributed by atoms with van der Waals surface area (Å²) < 4.78 is 40.7. The molecule has 4 aromatic rings. The van der Waals surface area contributed by atoms with Crippen LogP contribution in [-0.4, -0.2) is 31.7 Å². The van der Waals surface area contributed by atoms with Crippen LogP contribution in [0.1, 0.15) is 41.6 Å². The molecule has 0 fully saturated rings. The third kappa shape index (κ3) is 8.89. The molecule has 0 heterocycles. The summed E-state index contributed by atoms with van der Waals surface area (Å²) in [6, 6.07) is 25.0. The summed E-state index contributed by atoms with van der Waals surface area (Å²) in [6.07, 6.45) is 0.351. The van der Waals surface area contributed by atoms with E-state index in [1.54, 1.807) is 73.7 Å². The van der Waals surface area contributed by atoms with Gasteiger partial charge in [0, 0.05) is 36.1 Å². The number of carbonyl (C=O) groups is 2. The van der Waals surface area contributed by atoms with Crippen molar-refractivity contribution in [1.82, 2.24) is 14.9 Å². The molecule has 0 bridgehead atoms. The second-order valence-corrected chi connectivity index (χ2v) is 12.7. The van der Waals surface area contributed by atoms with E-state index in [0.29, 0.717) is 33.2 Å². The molecule has 4 rings (SSSR count). The number of nitrogens with one attached hydrogen (secondary N) is 2. The Balaban J connectivity index is 1.61. The molecule has 0 aromatic heterocycles. The maximum Gasteiger partial charge on any atom is 0.247 e. The van der Waals surface area contributed by atoms with Crippen LogP contribution in [0.3, 0.4) is 0 Å². The molecule has 0 radical (unpaired) electrons. The van der Waals surface area contributed by atoms with E-state index in [1.165, 1.54) is 29.2 Å². The predicted octanol–water partition coefficient (Wildman–Crippen LogP) is 6.45. The van der Waals surface area contributed by atoms with Crippen LogP contribution in [0.25, 0.3) is 0 Å². The molecule has 7 nitrogen and oxygen atoms in total. The van der Waals surface area contributed by atoms with E-state index in [4.69, 9.17) is 23.2 Å². The number of benzene rings is 4. The summed E-state index contributed by atoms with van der Waals surface area (Å²) in [5.74, 6) is -1.15. The number of carbonyl (C=O) groups excluding carboxylic acids is 2. The van der Waals surface area contributed by atoms with Gasteiger partial charge in [-0.1, -0.05) is 90.8 Å². The highest BCUT2D eigenvalue weighted by Gasteiger charge is 2.31. The van der Waals surface area contributed by atoms with E-state index >= 15 is 0 Å². The van der Waals surface area contributed by atoms with Crippen LogP contribution in [0.2, 0.25) is 10.0 Å². The minimum atomic E-state index is -3.60. The molecular weight excluding hydrogens is 624 g/mol. The van der Waals surface area contributed by atoms with Crippen molar-refractivity contribution in [3.63, 3.8) is 0 Å². The van der Waals surface area contributed by atoms with Crippen molar-refractivity contribution in [3.8, 4) is 0 Å². The monoisotopic (exact) mass is 655 g/mol. The van der Waals surface area contributed by atoms with Crippen molar-refractivity contribution in [2.24, 2.45) is 0 Å². The Kier molecular flexibility index (Phi) is 11.5. The van der Waals surface area contributed by atoms with E-state index in [1.807, 2.05) is 6.07 Å². The van der Waals surface area contributed by atoms with Crippen molar-refractivity contribution in [1.29, 1.82) is 0 Å². The Bertz CT molecular complexity index is 1690. The number of sulfonamides is 1. The first-order valence-electron chi connectivity index (χ1n) is 14.0. The molecule has 0 aliphatic carbocycles. The van der Waals surface area contributed by atoms with Gasteiger partial charge in [0.25, 0.3) is 0 Å². The largest absolute Gasteiger partial charge is 0.350 e. The number of hydrogen-bond donors (Lipinski definition) is 2. The average molecular weight is 657 g/mol. The van der Waals surface area contributed by atoms with E-state index in [0.717, 1.165) is 5.56 Å². The van der Waals surface area contributed by atoms with Gasteiger partial charge >= 0.3 is 0 Å². The van der Waals surface area contributed by atoms with E-state index in [-0.39, 0.29) is 36.9 Å². The molecule has 2 N–H and O–H groups in total. The highest BCUT2D eigenvalue weighted by atomic mass is 35.5. The van der Waals surface area contributed by atoms with Gasteiger partial charge in [-0.05, 0) is 65.1 Å². The molecule has 230 valence electrons. The Morgan fingerprint density at radius 1 is 0.886 bits per heavy atom. The van der Waals surface area contributed by atoms with Gasteiger partial charge in [-0.25, -0.2) is 17.5 Å².